The zero-order valence-corrected chi connectivity index (χ0v) is 51.4. The van der Waals surface area contributed by atoms with Crippen molar-refractivity contribution < 1.29 is 48.7 Å². The van der Waals surface area contributed by atoms with Gasteiger partial charge in [0.05, 0.1) is 22.3 Å². The fourth-order valence-corrected chi connectivity index (χ4v) is 11.9. The third-order valence-electron chi connectivity index (χ3n) is 16.7. The molecular weight excluding hydrogens is 1120 g/mol. The number of ketones is 3. The average Bonchev–Trinajstić information content (AvgIpc) is 2.80. The van der Waals surface area contributed by atoms with Crippen LogP contribution >= 0.6 is 0 Å². The van der Waals surface area contributed by atoms with Crippen molar-refractivity contribution in [3.63, 3.8) is 0 Å². The van der Waals surface area contributed by atoms with Gasteiger partial charge in [-0.3, -0.25) is 24.1 Å². The van der Waals surface area contributed by atoms with Crippen LogP contribution < -0.4 is 19.5 Å². The van der Waals surface area contributed by atoms with Crippen LogP contribution in [-0.4, -0.2) is 177 Å². The van der Waals surface area contributed by atoms with Crippen LogP contribution in [0.4, 0.5) is 0 Å². The number of carbonyl (C=O) groups excluding carboxylic acids is 4. The molecule has 4 N–H and O–H groups in total. The number of benzene rings is 6. The minimum atomic E-state index is -0.143. The number of phenolic OH excluding ortho intramolecular Hbond substituents is 3. The van der Waals surface area contributed by atoms with Crippen molar-refractivity contribution in [2.45, 2.75) is 38.6 Å². The first-order valence-electron chi connectivity index (χ1n) is 30.7. The van der Waals surface area contributed by atoms with Crippen LogP contribution in [0.3, 0.4) is 0 Å². The van der Waals surface area contributed by atoms with Gasteiger partial charge in [0.2, 0.25) is 17.3 Å². The number of rotatable bonds is 13. The number of ether oxygens (including phenoxy) is 3. The molecule has 5 heterocycles. The van der Waals surface area contributed by atoms with E-state index in [1.165, 1.54) is 93.1 Å². The molecule has 0 unspecified atom stereocenters. The van der Waals surface area contributed by atoms with Gasteiger partial charge < -0.3 is 54.4 Å². The molecule has 5 aliphatic heterocycles. The molecule has 14 rings (SSSR count). The lowest BCUT2D eigenvalue weighted by Crippen LogP contribution is -2.46. The van der Waals surface area contributed by atoms with E-state index >= 15 is 0 Å². The van der Waals surface area contributed by atoms with E-state index in [9.17, 15) is 29.4 Å². The number of aldehydes is 1. The van der Waals surface area contributed by atoms with Crippen LogP contribution in [0.15, 0.2) is 163 Å². The summed E-state index contributed by atoms with van der Waals surface area (Å²) < 4.78 is 16.7. The Kier molecular flexibility index (Phi) is 21.3. The SMILES string of the molecule is CN(C)CCCN1CCN(Cc2c(O)ccc3c2O/C(=C\C2=CCc4ccccc42)C3=O)CC1.CN(C)CCCN1CCNCC1.O=C1/C(=C/C2=CCc3ccccc32)Oc2cc(O)ccc21.O=C1COc2cc(O)ccc21.O=CC1=CCc2ccccc21. The van der Waals surface area contributed by atoms with E-state index in [4.69, 9.17) is 19.3 Å². The molecule has 3 aliphatic carbocycles. The van der Waals surface area contributed by atoms with E-state index in [2.05, 4.69) is 94.4 Å². The van der Waals surface area contributed by atoms with Crippen LogP contribution in [0.5, 0.6) is 34.5 Å². The van der Waals surface area contributed by atoms with Crippen LogP contribution in [-0.2, 0) is 30.6 Å². The van der Waals surface area contributed by atoms with E-state index in [1.54, 1.807) is 30.3 Å². The van der Waals surface area contributed by atoms with Crippen LogP contribution in [0.2, 0.25) is 0 Å². The van der Waals surface area contributed by atoms with Gasteiger partial charge in [0.1, 0.15) is 40.8 Å². The van der Waals surface area contributed by atoms with Crippen molar-refractivity contribution in [1.29, 1.82) is 0 Å². The quantitative estimate of drug-likeness (QED) is 0.0632. The van der Waals surface area contributed by atoms with Crippen molar-refractivity contribution in [2.75, 3.05) is 113 Å². The molecule has 8 aliphatic rings. The van der Waals surface area contributed by atoms with Gasteiger partial charge in [0.25, 0.3) is 0 Å². The topological polar surface area (TPSA) is 185 Å². The number of nitrogens with zero attached hydrogens (tertiary/aromatic N) is 5. The van der Waals surface area contributed by atoms with Gasteiger partial charge in [-0.2, -0.15) is 0 Å². The second-order valence-corrected chi connectivity index (χ2v) is 23.6. The summed E-state index contributed by atoms with van der Waals surface area (Å²) in [5.74, 6) is 2.15. The second-order valence-electron chi connectivity index (χ2n) is 23.6. The van der Waals surface area contributed by atoms with Crippen molar-refractivity contribution in [3.8, 4) is 34.5 Å². The minimum absolute atomic E-state index is 0.0278. The standard InChI is InChI=1S/C28H33N3O3.C18H12O3.C10H8O.C9H21N3.C8H6O3/c1-29(2)12-5-13-30-14-16-31(17-15-30)19-24-25(32)11-10-23-27(33)26(34-28(23)24)18-21-9-8-20-6-3-4-7-22(20)21;19-13-7-8-15-16(10-13)21-17(18(15)20)9-12-6-5-11-3-1-2-4-14(11)12;11-7-9-6-5-8-3-1-2-4-10(8)9;1-11(2)6-3-7-12-8-4-10-5-9-12;9-5-1-2-6-7(10)4-11-8(6)3-5/h3-4,6-7,9-11,18,32H,5,8,12-17,19H2,1-2H3;1-4,6-10,19H,5H2;1-4,6-7H,5H2;10H,3-9H2,1-2H3;1-3,9H,4H2/b26-18-;17-9-;;;. The van der Waals surface area contributed by atoms with Gasteiger partial charge >= 0.3 is 0 Å². The number of hydrogen-bond acceptors (Lipinski definition) is 16. The Balaban J connectivity index is 0.000000134. The molecule has 0 spiro atoms. The predicted molar refractivity (Wildman–Crippen MR) is 348 cm³/mol. The summed E-state index contributed by atoms with van der Waals surface area (Å²) in [4.78, 5) is 58.8. The third-order valence-corrected chi connectivity index (χ3v) is 16.7. The Morgan fingerprint density at radius 2 is 0.989 bits per heavy atom. The first-order chi connectivity index (χ1) is 43.2. The fraction of sp³-hybridized carbons (Fsp3) is 0.315. The molecule has 0 bridgehead atoms. The highest BCUT2D eigenvalue weighted by Gasteiger charge is 2.33. The predicted octanol–water partition coefficient (Wildman–Crippen LogP) is 9.69. The number of hydrogen-bond donors (Lipinski definition) is 4. The normalized spacial score (nSPS) is 17.8. The first-order valence-corrected chi connectivity index (χ1v) is 30.7. The maximum absolute atomic E-state index is 13.1. The first kappa shape index (κ1) is 63.3. The maximum atomic E-state index is 13.1. The van der Waals surface area contributed by atoms with E-state index in [1.807, 2.05) is 60.7 Å². The van der Waals surface area contributed by atoms with Crippen LogP contribution in [0.25, 0.3) is 16.7 Å². The molecule has 0 atom stereocenters. The number of Topliss-reactive ketones (excluding diaryl/α,β-unsaturated/α-hetero) is 3. The molecule has 462 valence electrons. The Hall–Kier alpha value is -8.74. The van der Waals surface area contributed by atoms with E-state index in [-0.39, 0.29) is 41.2 Å². The number of aromatic hydroxyl groups is 3. The molecule has 6 aromatic carbocycles. The number of piperazine rings is 2. The highest BCUT2D eigenvalue weighted by atomic mass is 16.5. The molecule has 2 fully saturated rings. The smallest absolute Gasteiger partial charge is 0.231 e. The zero-order chi connectivity index (χ0) is 62.4. The summed E-state index contributed by atoms with van der Waals surface area (Å²) in [5.41, 5.74) is 12.3. The molecule has 16 heteroatoms. The number of allylic oxidation sites excluding steroid dienone is 10. The average molecular weight is 1200 g/mol. The Morgan fingerprint density at radius 1 is 0.517 bits per heavy atom. The van der Waals surface area contributed by atoms with E-state index in [0.29, 0.717) is 57.6 Å². The Morgan fingerprint density at radius 3 is 1.55 bits per heavy atom. The highest BCUT2D eigenvalue weighted by molar-refractivity contribution is 6.14. The minimum Gasteiger partial charge on any atom is -0.508 e. The molecule has 0 amide bonds. The number of phenols is 3. The fourth-order valence-electron chi connectivity index (χ4n) is 11.9. The maximum Gasteiger partial charge on any atom is 0.231 e. The van der Waals surface area contributed by atoms with Gasteiger partial charge in [-0.05, 0) is 180 Å². The molecular formula is C73H80N6O10. The largest absolute Gasteiger partial charge is 0.508 e. The van der Waals surface area contributed by atoms with Crippen molar-refractivity contribution in [1.82, 2.24) is 29.8 Å². The molecule has 0 saturated carbocycles. The molecule has 89 heavy (non-hydrogen) atoms. The van der Waals surface area contributed by atoms with Crippen LogP contribution in [0.1, 0.15) is 82.9 Å². The zero-order valence-electron chi connectivity index (χ0n) is 51.4. The van der Waals surface area contributed by atoms with Crippen molar-refractivity contribution in [2.24, 2.45) is 0 Å². The number of carbonyl (C=O) groups is 4. The number of nitrogens with one attached hydrogen (secondary N) is 1. The van der Waals surface area contributed by atoms with Gasteiger partial charge in [0.15, 0.2) is 18.1 Å². The highest BCUT2D eigenvalue weighted by Crippen LogP contribution is 2.42. The Bertz CT molecular complexity index is 3730. The Labute approximate surface area is 521 Å². The van der Waals surface area contributed by atoms with Gasteiger partial charge in [-0.1, -0.05) is 91.0 Å². The van der Waals surface area contributed by atoms with Crippen molar-refractivity contribution in [3.05, 3.63) is 219 Å². The van der Waals surface area contributed by atoms with Gasteiger partial charge in [-0.15, -0.1) is 0 Å². The summed E-state index contributed by atoms with van der Waals surface area (Å²) in [6.07, 6.45) is 15.9. The molecule has 0 aromatic heterocycles. The third kappa shape index (κ3) is 16.1. The number of fused-ring (bicyclic) bond motifs is 6. The van der Waals surface area contributed by atoms with Crippen molar-refractivity contribution >= 4 is 40.4 Å². The van der Waals surface area contributed by atoms with Crippen LogP contribution in [0, 0.1) is 0 Å². The van der Waals surface area contributed by atoms with Gasteiger partial charge in [-0.25, -0.2) is 0 Å². The van der Waals surface area contributed by atoms with Gasteiger partial charge in [0, 0.05) is 76.6 Å². The summed E-state index contributed by atoms with van der Waals surface area (Å²) >= 11 is 0. The molecule has 16 nitrogen and oxygen atoms in total. The van der Waals surface area contributed by atoms with E-state index < -0.39 is 0 Å². The lowest BCUT2D eigenvalue weighted by Gasteiger charge is -2.35. The summed E-state index contributed by atoms with van der Waals surface area (Å²) in [5, 5.41) is 32.5. The molecule has 0 radical (unpaired) electrons. The van der Waals surface area contributed by atoms with E-state index in [0.717, 1.165) is 98.2 Å². The summed E-state index contributed by atoms with van der Waals surface area (Å²) in [6, 6.07) is 36.7. The monoisotopic (exact) mass is 1200 g/mol. The lowest BCUT2D eigenvalue weighted by atomic mass is 10.0. The summed E-state index contributed by atoms with van der Waals surface area (Å²) in [6.45, 7) is 14.1. The lowest BCUT2D eigenvalue weighted by molar-refractivity contribution is -0.103. The molecule has 6 aromatic rings. The molecule has 2 saturated heterocycles. The second kappa shape index (κ2) is 30.0. The summed E-state index contributed by atoms with van der Waals surface area (Å²) in [7, 11) is 8.50.